The molecule has 0 aromatic heterocycles. The number of methoxy groups -OCH3 is 4. The van der Waals surface area contributed by atoms with Gasteiger partial charge in [0.15, 0.2) is 27.2 Å². The standard InChI is InChI=1S/C49H91NO14Si/c1-30(2)24-25-58-46-34(6)60-40(29-49(46,10)57-16)62-43-33(5)61-47(42(53)41(43)50(11)12)63-44-35(27-39(54-13)55-14)26-31(3)37(64-65(17,18)48(7,8)9)23-21-19-20-22-32(4)59-38(52)28-36(51)45(44)56-15/h19-21,23,30-37,39-47,51,53H,22,24-29H2,1-18H3/b20-19+,23-21+/t31-,32-,33-,34+,35-,36-,37+,40+,41-,42-,43-,44+,45+,46+,47+,49-/m1/s1. The predicted molar refractivity (Wildman–Crippen MR) is 253 cm³/mol. The SMILES string of the molecule is COC(C[C@H]1C[C@@H](C)[C@@H](O[Si](C)(C)C(C)(C)C)/C=C/C=C/C[C@@H](C)OC(=O)C[C@@H](O)[C@H](OC)[C@H]1O[C@@H]1O[C@H](C)[C@@H](O[C@H]2C[C@@](C)(OC)[C@@H](OCCC(C)C)[C@H](C)O2)[C@H](N(C)C)[C@H]1O)OC. The molecule has 0 bridgehead atoms. The van der Waals surface area contributed by atoms with Gasteiger partial charge in [-0.15, -0.1) is 0 Å². The topological polar surface area (TPSA) is 162 Å². The molecule has 0 aromatic rings. The van der Waals surface area contributed by atoms with Gasteiger partial charge in [0.1, 0.15) is 30.5 Å². The summed E-state index contributed by atoms with van der Waals surface area (Å²) in [5.41, 5.74) is -0.698. The Hall–Kier alpha value is -1.35. The number of nitrogens with zero attached hydrogens (tertiary/aromatic N) is 1. The summed E-state index contributed by atoms with van der Waals surface area (Å²) in [7, 11) is 7.77. The first-order chi connectivity index (χ1) is 30.3. The molecule has 0 radical (unpaired) electrons. The average Bonchev–Trinajstić information content (AvgIpc) is 3.20. The summed E-state index contributed by atoms with van der Waals surface area (Å²) in [6.45, 7) is 25.9. The van der Waals surface area contributed by atoms with E-state index in [1.807, 2.05) is 64.9 Å². The molecule has 65 heavy (non-hydrogen) atoms. The minimum Gasteiger partial charge on any atom is -0.462 e. The number of allylic oxidation sites excluding steroid dienone is 2. The van der Waals surface area contributed by atoms with Crippen LogP contribution in [0.1, 0.15) is 108 Å². The van der Waals surface area contributed by atoms with Gasteiger partial charge in [-0.2, -0.15) is 0 Å². The van der Waals surface area contributed by atoms with Crippen molar-refractivity contribution in [3.05, 3.63) is 24.3 Å². The molecule has 15 nitrogen and oxygen atoms in total. The Balaban J connectivity index is 2.08. The summed E-state index contributed by atoms with van der Waals surface area (Å²) in [5.74, 6) is -0.624. The van der Waals surface area contributed by atoms with Gasteiger partial charge >= 0.3 is 5.97 Å². The summed E-state index contributed by atoms with van der Waals surface area (Å²) >= 11 is 0. The summed E-state index contributed by atoms with van der Waals surface area (Å²) < 4.78 is 69.9. The maximum atomic E-state index is 13.3. The van der Waals surface area contributed by atoms with Gasteiger partial charge in [-0.1, -0.05) is 65.8 Å². The van der Waals surface area contributed by atoms with E-state index in [0.29, 0.717) is 38.2 Å². The zero-order chi connectivity index (χ0) is 49.0. The van der Waals surface area contributed by atoms with Crippen LogP contribution in [0.5, 0.6) is 0 Å². The predicted octanol–water partition coefficient (Wildman–Crippen LogP) is 7.02. The molecular formula is C49H91NO14Si. The number of carbonyl (C=O) groups excluding carboxylic acids is 1. The van der Waals surface area contributed by atoms with Crippen molar-refractivity contribution < 1.29 is 66.8 Å². The Bertz CT molecular complexity index is 1460. The van der Waals surface area contributed by atoms with Crippen molar-refractivity contribution in [3.63, 3.8) is 0 Å². The largest absolute Gasteiger partial charge is 0.462 e. The van der Waals surface area contributed by atoms with E-state index >= 15 is 0 Å². The normalized spacial score (nSPS) is 38.6. The highest BCUT2D eigenvalue weighted by Crippen LogP contribution is 2.41. The number of cyclic esters (lactones) is 1. The number of esters is 1. The van der Waals surface area contributed by atoms with E-state index < -0.39 is 93.4 Å². The van der Waals surface area contributed by atoms with E-state index in [0.717, 1.165) is 6.42 Å². The van der Waals surface area contributed by atoms with Crippen LogP contribution in [0.4, 0.5) is 0 Å². The van der Waals surface area contributed by atoms with E-state index in [9.17, 15) is 15.0 Å². The molecule has 3 aliphatic rings. The quantitative estimate of drug-likeness (QED) is 0.0869. The van der Waals surface area contributed by atoms with Crippen LogP contribution in [-0.2, 0) is 56.6 Å². The lowest BCUT2D eigenvalue weighted by Crippen LogP contribution is -2.66. The average molecular weight is 946 g/mol. The lowest BCUT2D eigenvalue weighted by Gasteiger charge is -2.51. The van der Waals surface area contributed by atoms with Gasteiger partial charge in [0.2, 0.25) is 0 Å². The number of likely N-dealkylation sites (N-methyl/N-ethyl adjacent to an activating group) is 1. The third-order valence-electron chi connectivity index (χ3n) is 14.1. The van der Waals surface area contributed by atoms with Gasteiger partial charge in [0, 0.05) is 54.3 Å². The monoisotopic (exact) mass is 946 g/mol. The molecule has 0 aliphatic carbocycles. The van der Waals surface area contributed by atoms with Crippen molar-refractivity contribution >= 4 is 14.3 Å². The fourth-order valence-electron chi connectivity index (χ4n) is 9.03. The van der Waals surface area contributed by atoms with E-state index in [1.54, 1.807) is 21.3 Å². The first-order valence-corrected chi connectivity index (χ1v) is 26.8. The molecule has 0 saturated carbocycles. The Labute approximate surface area is 393 Å². The maximum absolute atomic E-state index is 13.3. The van der Waals surface area contributed by atoms with Crippen molar-refractivity contribution in [2.75, 3.05) is 49.1 Å². The zero-order valence-electron chi connectivity index (χ0n) is 43.3. The summed E-state index contributed by atoms with van der Waals surface area (Å²) in [6, 6.07) is -0.631. The van der Waals surface area contributed by atoms with Crippen LogP contribution < -0.4 is 0 Å². The van der Waals surface area contributed by atoms with Gasteiger partial charge in [0.05, 0.1) is 48.6 Å². The van der Waals surface area contributed by atoms with Crippen molar-refractivity contribution in [2.45, 2.75) is 217 Å². The number of aliphatic hydroxyl groups is 2. The van der Waals surface area contributed by atoms with Gasteiger partial charge in [-0.05, 0) is 90.5 Å². The van der Waals surface area contributed by atoms with Crippen LogP contribution in [0.15, 0.2) is 24.3 Å². The Morgan fingerprint density at radius 3 is 2.17 bits per heavy atom. The highest BCUT2D eigenvalue weighted by molar-refractivity contribution is 6.74. The Morgan fingerprint density at radius 1 is 0.938 bits per heavy atom. The number of hydrogen-bond acceptors (Lipinski definition) is 15. The second kappa shape index (κ2) is 26.0. The van der Waals surface area contributed by atoms with Crippen LogP contribution in [0, 0.1) is 17.8 Å². The molecule has 2 saturated heterocycles. The molecule has 0 spiro atoms. The second-order valence-electron chi connectivity index (χ2n) is 21.1. The molecule has 0 aromatic carbocycles. The van der Waals surface area contributed by atoms with E-state index in [2.05, 4.69) is 60.7 Å². The van der Waals surface area contributed by atoms with Crippen molar-refractivity contribution in [1.82, 2.24) is 4.90 Å². The van der Waals surface area contributed by atoms with Gasteiger partial charge < -0.3 is 66.9 Å². The highest BCUT2D eigenvalue weighted by atomic mass is 28.4. The Kier molecular flexibility index (Phi) is 23.2. The molecule has 3 aliphatic heterocycles. The number of rotatable bonds is 17. The molecule has 0 amide bonds. The van der Waals surface area contributed by atoms with Crippen molar-refractivity contribution in [2.24, 2.45) is 17.8 Å². The zero-order valence-corrected chi connectivity index (χ0v) is 44.3. The van der Waals surface area contributed by atoms with Crippen LogP contribution in [0.3, 0.4) is 0 Å². The van der Waals surface area contributed by atoms with Crippen LogP contribution in [0.2, 0.25) is 18.1 Å². The smallest absolute Gasteiger partial charge is 0.308 e. The second-order valence-corrected chi connectivity index (χ2v) is 25.9. The minimum absolute atomic E-state index is 0.0526. The van der Waals surface area contributed by atoms with Crippen molar-refractivity contribution in [1.29, 1.82) is 0 Å². The van der Waals surface area contributed by atoms with E-state index in [4.69, 9.17) is 51.8 Å². The summed E-state index contributed by atoms with van der Waals surface area (Å²) in [4.78, 5) is 15.2. The molecule has 16 atom stereocenters. The minimum atomic E-state index is -2.28. The third-order valence-corrected chi connectivity index (χ3v) is 18.5. The fourth-order valence-corrected chi connectivity index (χ4v) is 10.4. The molecule has 2 N–H and O–H groups in total. The maximum Gasteiger partial charge on any atom is 0.308 e. The molecule has 2 fully saturated rings. The molecule has 3 rings (SSSR count). The van der Waals surface area contributed by atoms with Crippen molar-refractivity contribution in [3.8, 4) is 0 Å². The van der Waals surface area contributed by atoms with E-state index in [-0.39, 0.29) is 35.7 Å². The molecule has 0 unspecified atom stereocenters. The van der Waals surface area contributed by atoms with E-state index in [1.165, 1.54) is 7.11 Å². The molecule has 380 valence electrons. The highest BCUT2D eigenvalue weighted by Gasteiger charge is 2.53. The lowest BCUT2D eigenvalue weighted by molar-refractivity contribution is -0.347. The number of ether oxygens (including phenoxy) is 10. The number of aliphatic hydroxyl groups excluding tert-OH is 2. The Morgan fingerprint density at radius 2 is 1.60 bits per heavy atom. The molecule has 16 heteroatoms. The number of hydrogen-bond donors (Lipinski definition) is 2. The van der Waals surface area contributed by atoms with Gasteiger partial charge in [-0.3, -0.25) is 4.79 Å². The summed E-state index contributed by atoms with van der Waals surface area (Å²) in [5, 5.41) is 24.3. The van der Waals surface area contributed by atoms with Crippen LogP contribution >= 0.6 is 0 Å². The van der Waals surface area contributed by atoms with Gasteiger partial charge in [0.25, 0.3) is 0 Å². The lowest BCUT2D eigenvalue weighted by atomic mass is 9.82. The molecule has 3 heterocycles. The molecular weight excluding hydrogens is 855 g/mol. The number of carbonyl (C=O) groups is 1. The van der Waals surface area contributed by atoms with Crippen LogP contribution in [0.25, 0.3) is 0 Å². The summed E-state index contributed by atoms with van der Waals surface area (Å²) in [6.07, 6.45) is 0.377. The van der Waals surface area contributed by atoms with Gasteiger partial charge in [-0.25, -0.2) is 0 Å². The first-order valence-electron chi connectivity index (χ1n) is 23.9. The van der Waals surface area contributed by atoms with Crippen LogP contribution in [-0.4, -0.2) is 170 Å². The third kappa shape index (κ3) is 16.4. The first kappa shape index (κ1) is 58.0. The fraction of sp³-hybridized carbons (Fsp3) is 0.898.